The first kappa shape index (κ1) is 17.5. The van der Waals surface area contributed by atoms with Gasteiger partial charge in [0.1, 0.15) is 12.1 Å². The molecule has 0 aliphatic carbocycles. The summed E-state index contributed by atoms with van der Waals surface area (Å²) in [7, 11) is 1.36. The third-order valence-electron chi connectivity index (χ3n) is 3.88. The summed E-state index contributed by atoms with van der Waals surface area (Å²) in [5.41, 5.74) is -0.0168. The number of urea groups is 2. The largest absolute Gasteiger partial charge is 0.341 e. The number of carbonyl (C=O) groups is 4. The second kappa shape index (κ2) is 7.12. The maximum Gasteiger partial charge on any atom is 0.325 e. The number of rotatable bonds is 5. The van der Waals surface area contributed by atoms with Crippen LogP contribution < -0.4 is 16.0 Å². The van der Waals surface area contributed by atoms with Gasteiger partial charge in [-0.15, -0.1) is 0 Å². The van der Waals surface area contributed by atoms with Crippen LogP contribution in [-0.2, 0) is 16.0 Å². The quantitative estimate of drug-likeness (QED) is 0.678. The normalized spacial score (nSPS) is 19.8. The van der Waals surface area contributed by atoms with Crippen LogP contribution >= 0.6 is 0 Å². The summed E-state index contributed by atoms with van der Waals surface area (Å²) in [5.74, 6) is -1.21. The number of amides is 6. The molecule has 0 saturated carbocycles. The number of imide groups is 2. The molecule has 1 aliphatic rings. The lowest BCUT2D eigenvalue weighted by Crippen LogP contribution is -2.47. The fourth-order valence-electron chi connectivity index (χ4n) is 2.47. The molecule has 1 fully saturated rings. The Bertz CT molecular complexity index is 661. The molecular formula is C16H20N4O4. The summed E-state index contributed by atoms with van der Waals surface area (Å²) in [5, 5.41) is 6.87. The van der Waals surface area contributed by atoms with E-state index in [1.54, 1.807) is 6.92 Å². The van der Waals surface area contributed by atoms with Gasteiger partial charge in [0.2, 0.25) is 5.91 Å². The highest BCUT2D eigenvalue weighted by atomic mass is 16.2. The molecule has 3 N–H and O–H groups in total. The van der Waals surface area contributed by atoms with E-state index in [0.29, 0.717) is 12.8 Å². The van der Waals surface area contributed by atoms with Gasteiger partial charge in [-0.25, -0.2) is 9.59 Å². The minimum absolute atomic E-state index is 0.412. The molecule has 1 saturated heterocycles. The van der Waals surface area contributed by atoms with Crippen molar-refractivity contribution < 1.29 is 19.2 Å². The standard InChI is InChI=1S/C16H20N4O4/c1-16(9-8-11-6-4-3-5-7-11)13(22)20(15(24)19-16)10-12(21)18-14(23)17-2/h3-7H,8-10H2,1-2H3,(H,19,24)(H2,17,18,21,23)/t16-/m0/s1. The number of nitrogens with zero attached hydrogens (tertiary/aromatic N) is 1. The zero-order chi connectivity index (χ0) is 17.7. The first-order valence-electron chi connectivity index (χ1n) is 7.55. The Kier molecular flexibility index (Phi) is 5.18. The summed E-state index contributed by atoms with van der Waals surface area (Å²) >= 11 is 0. The predicted molar refractivity (Wildman–Crippen MR) is 86.0 cm³/mol. The van der Waals surface area contributed by atoms with Crippen LogP contribution in [0.3, 0.4) is 0 Å². The van der Waals surface area contributed by atoms with Gasteiger partial charge >= 0.3 is 12.1 Å². The third-order valence-corrected chi connectivity index (χ3v) is 3.88. The van der Waals surface area contributed by atoms with Gasteiger partial charge in [-0.2, -0.15) is 0 Å². The van der Waals surface area contributed by atoms with Gasteiger partial charge in [-0.1, -0.05) is 30.3 Å². The lowest BCUT2D eigenvalue weighted by molar-refractivity contribution is -0.134. The summed E-state index contributed by atoms with van der Waals surface area (Å²) in [4.78, 5) is 48.2. The number of carbonyl (C=O) groups excluding carboxylic acids is 4. The topological polar surface area (TPSA) is 108 Å². The first-order valence-corrected chi connectivity index (χ1v) is 7.55. The van der Waals surface area contributed by atoms with Crippen LogP contribution in [0.2, 0.25) is 0 Å². The zero-order valence-electron chi connectivity index (χ0n) is 13.6. The van der Waals surface area contributed by atoms with Crippen LogP contribution in [0, 0.1) is 0 Å². The summed E-state index contributed by atoms with van der Waals surface area (Å²) in [6, 6.07) is 8.27. The Morgan fingerprint density at radius 3 is 2.50 bits per heavy atom. The van der Waals surface area contributed by atoms with E-state index in [2.05, 4.69) is 10.6 Å². The van der Waals surface area contributed by atoms with Gasteiger partial charge in [0.25, 0.3) is 5.91 Å². The molecule has 8 nitrogen and oxygen atoms in total. The Balaban J connectivity index is 1.99. The molecule has 1 aromatic rings. The van der Waals surface area contributed by atoms with Crippen molar-refractivity contribution in [1.29, 1.82) is 0 Å². The van der Waals surface area contributed by atoms with Gasteiger partial charge in [-0.3, -0.25) is 19.8 Å². The monoisotopic (exact) mass is 332 g/mol. The molecule has 2 rings (SSSR count). The second-order valence-corrected chi connectivity index (χ2v) is 5.77. The fourth-order valence-corrected chi connectivity index (χ4v) is 2.47. The van der Waals surface area contributed by atoms with E-state index in [1.807, 2.05) is 35.6 Å². The lowest BCUT2D eigenvalue weighted by atomic mass is 9.93. The van der Waals surface area contributed by atoms with Crippen molar-refractivity contribution in [1.82, 2.24) is 20.9 Å². The van der Waals surface area contributed by atoms with Crippen LogP contribution in [-0.4, -0.2) is 47.9 Å². The van der Waals surface area contributed by atoms with Gasteiger partial charge in [0.05, 0.1) is 0 Å². The van der Waals surface area contributed by atoms with E-state index in [9.17, 15) is 19.2 Å². The third kappa shape index (κ3) is 3.89. The van der Waals surface area contributed by atoms with Crippen molar-refractivity contribution in [3.8, 4) is 0 Å². The molecule has 0 aromatic heterocycles. The van der Waals surface area contributed by atoms with E-state index < -0.39 is 36.0 Å². The predicted octanol–water partition coefficient (Wildman–Crippen LogP) is 0.385. The van der Waals surface area contributed by atoms with Crippen LogP contribution in [0.5, 0.6) is 0 Å². The van der Waals surface area contributed by atoms with Crippen molar-refractivity contribution in [2.75, 3.05) is 13.6 Å². The Morgan fingerprint density at radius 1 is 1.21 bits per heavy atom. The Hall–Kier alpha value is -2.90. The highest BCUT2D eigenvalue weighted by Gasteiger charge is 2.47. The molecule has 6 amide bonds. The number of nitrogens with one attached hydrogen (secondary N) is 3. The molecule has 1 aromatic carbocycles. The van der Waals surface area contributed by atoms with E-state index in [1.165, 1.54) is 7.05 Å². The van der Waals surface area contributed by atoms with Crippen molar-refractivity contribution in [3.05, 3.63) is 35.9 Å². The lowest BCUT2D eigenvalue weighted by Gasteiger charge is -2.21. The van der Waals surface area contributed by atoms with E-state index in [4.69, 9.17) is 0 Å². The summed E-state index contributed by atoms with van der Waals surface area (Å²) in [6.45, 7) is 1.13. The SMILES string of the molecule is CNC(=O)NC(=O)CN1C(=O)N[C@@](C)(CCc2ccccc2)C1=O. The van der Waals surface area contributed by atoms with Gasteiger partial charge in [0, 0.05) is 7.05 Å². The summed E-state index contributed by atoms with van der Waals surface area (Å²) in [6.07, 6.45) is 1.02. The maximum atomic E-state index is 12.5. The number of benzene rings is 1. The minimum atomic E-state index is -1.07. The second-order valence-electron chi connectivity index (χ2n) is 5.77. The van der Waals surface area contributed by atoms with Crippen LogP contribution in [0.15, 0.2) is 30.3 Å². The maximum absolute atomic E-state index is 12.5. The van der Waals surface area contributed by atoms with Crippen LogP contribution in [0.1, 0.15) is 18.9 Å². The zero-order valence-corrected chi connectivity index (χ0v) is 13.6. The van der Waals surface area contributed by atoms with Crippen molar-refractivity contribution >= 4 is 23.9 Å². The minimum Gasteiger partial charge on any atom is -0.341 e. The van der Waals surface area contributed by atoms with E-state index in [-0.39, 0.29) is 0 Å². The number of hydrogen-bond acceptors (Lipinski definition) is 4. The molecule has 8 heteroatoms. The van der Waals surface area contributed by atoms with E-state index in [0.717, 1.165) is 10.5 Å². The molecule has 1 aliphatic heterocycles. The average Bonchev–Trinajstić information content (AvgIpc) is 2.77. The Morgan fingerprint density at radius 2 is 1.88 bits per heavy atom. The van der Waals surface area contributed by atoms with Gasteiger partial charge in [0.15, 0.2) is 0 Å². The number of hydrogen-bond donors (Lipinski definition) is 3. The molecular weight excluding hydrogens is 312 g/mol. The van der Waals surface area contributed by atoms with Crippen molar-refractivity contribution in [2.45, 2.75) is 25.3 Å². The molecule has 128 valence electrons. The van der Waals surface area contributed by atoms with Crippen molar-refractivity contribution in [2.24, 2.45) is 0 Å². The smallest absolute Gasteiger partial charge is 0.325 e. The molecule has 0 bridgehead atoms. The van der Waals surface area contributed by atoms with Crippen LogP contribution in [0.4, 0.5) is 9.59 Å². The average molecular weight is 332 g/mol. The van der Waals surface area contributed by atoms with E-state index >= 15 is 0 Å². The van der Waals surface area contributed by atoms with Crippen molar-refractivity contribution in [3.63, 3.8) is 0 Å². The Labute approximate surface area is 139 Å². The van der Waals surface area contributed by atoms with Crippen LogP contribution in [0.25, 0.3) is 0 Å². The summed E-state index contributed by atoms with van der Waals surface area (Å²) < 4.78 is 0. The molecule has 1 atom stereocenters. The molecule has 1 heterocycles. The van der Waals surface area contributed by atoms with Gasteiger partial charge < -0.3 is 10.6 Å². The number of aryl methyl sites for hydroxylation is 1. The first-order chi connectivity index (χ1) is 11.4. The molecule has 24 heavy (non-hydrogen) atoms. The fraction of sp³-hybridized carbons (Fsp3) is 0.375. The van der Waals surface area contributed by atoms with Gasteiger partial charge in [-0.05, 0) is 25.3 Å². The molecule has 0 radical (unpaired) electrons. The highest BCUT2D eigenvalue weighted by molar-refractivity contribution is 6.09. The highest BCUT2D eigenvalue weighted by Crippen LogP contribution is 2.23. The molecule has 0 unspecified atom stereocenters. The molecule has 0 spiro atoms.